The number of aliphatic carboxylic acids is 1. The SMILES string of the molecule is Cc1ccc(CC(Oc2ccccc2Cl)C(=O)O)c(C)c1. The fraction of sp³-hybridized carbons (Fsp3) is 0.235. The Hall–Kier alpha value is -2.00. The molecule has 0 aliphatic carbocycles. The average Bonchev–Trinajstić information content (AvgIpc) is 2.42. The molecule has 0 saturated heterocycles. The minimum atomic E-state index is -1.00. The molecule has 110 valence electrons. The third kappa shape index (κ3) is 3.99. The first-order valence-electron chi connectivity index (χ1n) is 6.67. The van der Waals surface area contributed by atoms with Crippen molar-refractivity contribution in [2.24, 2.45) is 0 Å². The molecule has 21 heavy (non-hydrogen) atoms. The van der Waals surface area contributed by atoms with Crippen LogP contribution >= 0.6 is 11.6 Å². The van der Waals surface area contributed by atoms with E-state index in [1.165, 1.54) is 0 Å². The highest BCUT2D eigenvalue weighted by atomic mass is 35.5. The molecule has 1 atom stereocenters. The zero-order valence-corrected chi connectivity index (χ0v) is 12.7. The van der Waals surface area contributed by atoms with Crippen LogP contribution in [0.1, 0.15) is 16.7 Å². The van der Waals surface area contributed by atoms with Crippen molar-refractivity contribution in [1.82, 2.24) is 0 Å². The molecule has 1 unspecified atom stereocenters. The molecule has 3 nitrogen and oxygen atoms in total. The van der Waals surface area contributed by atoms with Gasteiger partial charge in [0.2, 0.25) is 0 Å². The molecule has 2 aromatic rings. The highest BCUT2D eigenvalue weighted by Crippen LogP contribution is 2.25. The van der Waals surface area contributed by atoms with E-state index in [4.69, 9.17) is 16.3 Å². The predicted octanol–water partition coefficient (Wildman–Crippen LogP) is 4.03. The predicted molar refractivity (Wildman–Crippen MR) is 83.1 cm³/mol. The number of rotatable bonds is 5. The van der Waals surface area contributed by atoms with E-state index in [2.05, 4.69) is 0 Å². The maximum Gasteiger partial charge on any atom is 0.345 e. The quantitative estimate of drug-likeness (QED) is 0.907. The van der Waals surface area contributed by atoms with Crippen molar-refractivity contribution in [2.45, 2.75) is 26.4 Å². The Labute approximate surface area is 129 Å². The Morgan fingerprint density at radius 2 is 1.95 bits per heavy atom. The van der Waals surface area contributed by atoms with Gasteiger partial charge >= 0.3 is 5.97 Å². The average molecular weight is 305 g/mol. The minimum absolute atomic E-state index is 0.298. The highest BCUT2D eigenvalue weighted by molar-refractivity contribution is 6.32. The fourth-order valence-electron chi connectivity index (χ4n) is 2.15. The largest absolute Gasteiger partial charge is 0.478 e. The van der Waals surface area contributed by atoms with E-state index in [-0.39, 0.29) is 0 Å². The second-order valence-electron chi connectivity index (χ2n) is 5.01. The lowest BCUT2D eigenvalue weighted by Crippen LogP contribution is -2.29. The second-order valence-corrected chi connectivity index (χ2v) is 5.42. The number of benzene rings is 2. The third-order valence-electron chi connectivity index (χ3n) is 3.28. The number of hydrogen-bond donors (Lipinski definition) is 1. The molecule has 0 aromatic heterocycles. The molecule has 1 N–H and O–H groups in total. The summed E-state index contributed by atoms with van der Waals surface area (Å²) in [5, 5.41) is 9.77. The van der Waals surface area contributed by atoms with Crippen molar-refractivity contribution in [3.63, 3.8) is 0 Å². The van der Waals surface area contributed by atoms with Crippen LogP contribution in [0.3, 0.4) is 0 Å². The third-order valence-corrected chi connectivity index (χ3v) is 3.60. The van der Waals surface area contributed by atoms with Crippen molar-refractivity contribution >= 4 is 17.6 Å². The van der Waals surface area contributed by atoms with Gasteiger partial charge in [-0.1, -0.05) is 47.5 Å². The van der Waals surface area contributed by atoms with E-state index in [0.29, 0.717) is 17.2 Å². The summed E-state index contributed by atoms with van der Waals surface area (Å²) >= 11 is 6.01. The van der Waals surface area contributed by atoms with Gasteiger partial charge in [-0.15, -0.1) is 0 Å². The number of carboxylic acid groups (broad SMARTS) is 1. The monoisotopic (exact) mass is 304 g/mol. The summed E-state index contributed by atoms with van der Waals surface area (Å²) in [6, 6.07) is 12.8. The van der Waals surface area contributed by atoms with Crippen LogP contribution in [0.4, 0.5) is 0 Å². The van der Waals surface area contributed by atoms with Crippen LogP contribution < -0.4 is 4.74 Å². The Bertz CT molecular complexity index is 652. The molecule has 0 radical (unpaired) electrons. The van der Waals surface area contributed by atoms with Crippen molar-refractivity contribution in [2.75, 3.05) is 0 Å². The molecule has 2 aromatic carbocycles. The van der Waals surface area contributed by atoms with Crippen LogP contribution in [0, 0.1) is 13.8 Å². The molecule has 0 amide bonds. The first-order valence-corrected chi connectivity index (χ1v) is 7.05. The number of carboxylic acids is 1. The summed E-state index contributed by atoms with van der Waals surface area (Å²) < 4.78 is 5.56. The van der Waals surface area contributed by atoms with E-state index in [1.807, 2.05) is 32.0 Å². The first-order chi connectivity index (χ1) is 9.97. The second kappa shape index (κ2) is 6.64. The van der Waals surface area contributed by atoms with E-state index in [9.17, 15) is 9.90 Å². The maximum atomic E-state index is 11.4. The number of hydrogen-bond acceptors (Lipinski definition) is 2. The van der Waals surface area contributed by atoms with Crippen molar-refractivity contribution in [3.8, 4) is 5.75 Å². The first kappa shape index (κ1) is 15.4. The molecule has 0 saturated carbocycles. The molecule has 0 heterocycles. The van der Waals surface area contributed by atoms with Crippen molar-refractivity contribution < 1.29 is 14.6 Å². The summed E-state index contributed by atoms with van der Waals surface area (Å²) in [4.78, 5) is 11.4. The van der Waals surface area contributed by atoms with Crippen LogP contribution in [0.25, 0.3) is 0 Å². The smallest absolute Gasteiger partial charge is 0.345 e. The van der Waals surface area contributed by atoms with Crippen molar-refractivity contribution in [1.29, 1.82) is 0 Å². The lowest BCUT2D eigenvalue weighted by molar-refractivity contribution is -0.145. The van der Waals surface area contributed by atoms with Gasteiger partial charge in [0.1, 0.15) is 5.75 Å². The van der Waals surface area contributed by atoms with Crippen LogP contribution in [0.2, 0.25) is 5.02 Å². The molecule has 0 fully saturated rings. The number of halogens is 1. The fourth-order valence-corrected chi connectivity index (χ4v) is 2.33. The molecule has 0 bridgehead atoms. The molecule has 0 aliphatic heterocycles. The van der Waals surface area contributed by atoms with Crippen LogP contribution in [0.5, 0.6) is 5.75 Å². The molecular formula is C17H17ClO3. The summed E-state index contributed by atoms with van der Waals surface area (Å²) in [5.41, 5.74) is 3.17. The zero-order valence-electron chi connectivity index (χ0n) is 12.0. The van der Waals surface area contributed by atoms with Crippen LogP contribution in [0.15, 0.2) is 42.5 Å². The summed E-state index contributed by atoms with van der Waals surface area (Å²) in [7, 11) is 0. The van der Waals surface area contributed by atoms with Gasteiger partial charge in [0, 0.05) is 6.42 Å². The lowest BCUT2D eigenvalue weighted by atomic mass is 10.0. The lowest BCUT2D eigenvalue weighted by Gasteiger charge is -2.17. The van der Waals surface area contributed by atoms with Gasteiger partial charge in [0.25, 0.3) is 0 Å². The zero-order chi connectivity index (χ0) is 15.4. The van der Waals surface area contributed by atoms with Crippen molar-refractivity contribution in [3.05, 3.63) is 64.2 Å². The van der Waals surface area contributed by atoms with E-state index in [1.54, 1.807) is 24.3 Å². The Balaban J connectivity index is 2.20. The number of carbonyl (C=O) groups is 1. The van der Waals surface area contributed by atoms with Gasteiger partial charge in [0.05, 0.1) is 5.02 Å². The maximum absolute atomic E-state index is 11.4. The van der Waals surface area contributed by atoms with E-state index >= 15 is 0 Å². The highest BCUT2D eigenvalue weighted by Gasteiger charge is 2.21. The molecule has 2 rings (SSSR count). The molecule has 4 heteroatoms. The van der Waals surface area contributed by atoms with Crippen LogP contribution in [-0.2, 0) is 11.2 Å². The normalized spacial score (nSPS) is 12.0. The van der Waals surface area contributed by atoms with Crippen LogP contribution in [-0.4, -0.2) is 17.2 Å². The topological polar surface area (TPSA) is 46.5 Å². The standard InChI is InChI=1S/C17H17ClO3/c1-11-7-8-13(12(2)9-11)10-16(17(19)20)21-15-6-4-3-5-14(15)18/h3-9,16H,10H2,1-2H3,(H,19,20). The van der Waals surface area contributed by atoms with Gasteiger partial charge in [-0.25, -0.2) is 4.79 Å². The van der Waals surface area contributed by atoms with E-state index < -0.39 is 12.1 Å². The van der Waals surface area contributed by atoms with Gasteiger partial charge < -0.3 is 9.84 Å². The Morgan fingerprint density at radius 3 is 2.57 bits per heavy atom. The van der Waals surface area contributed by atoms with Gasteiger partial charge in [-0.3, -0.25) is 0 Å². The number of ether oxygens (including phenoxy) is 1. The number of para-hydroxylation sites is 1. The molecule has 0 aliphatic rings. The Morgan fingerprint density at radius 1 is 1.24 bits per heavy atom. The van der Waals surface area contributed by atoms with E-state index in [0.717, 1.165) is 16.7 Å². The minimum Gasteiger partial charge on any atom is -0.478 e. The van der Waals surface area contributed by atoms with Gasteiger partial charge in [-0.2, -0.15) is 0 Å². The Kier molecular flexibility index (Phi) is 4.86. The summed E-state index contributed by atoms with van der Waals surface area (Å²) in [5.74, 6) is -0.619. The summed E-state index contributed by atoms with van der Waals surface area (Å²) in [6.45, 7) is 3.97. The van der Waals surface area contributed by atoms with Gasteiger partial charge in [-0.05, 0) is 37.1 Å². The summed E-state index contributed by atoms with van der Waals surface area (Å²) in [6.07, 6.45) is -0.668. The molecule has 0 spiro atoms. The number of aryl methyl sites for hydroxylation is 2. The van der Waals surface area contributed by atoms with Gasteiger partial charge in [0.15, 0.2) is 6.10 Å². The molecular weight excluding hydrogens is 288 g/mol.